The highest BCUT2D eigenvalue weighted by Gasteiger charge is 2.14. The van der Waals surface area contributed by atoms with Crippen molar-refractivity contribution >= 4 is 5.78 Å². The van der Waals surface area contributed by atoms with Crippen molar-refractivity contribution in [1.82, 2.24) is 0 Å². The fourth-order valence-electron chi connectivity index (χ4n) is 4.07. The van der Waals surface area contributed by atoms with Crippen molar-refractivity contribution in [3.8, 4) is 0 Å². The molecule has 2 aromatic carbocycles. The van der Waals surface area contributed by atoms with E-state index in [4.69, 9.17) is 0 Å². The summed E-state index contributed by atoms with van der Waals surface area (Å²) >= 11 is 0. The zero-order valence-corrected chi connectivity index (χ0v) is 20.4. The van der Waals surface area contributed by atoms with Crippen LogP contribution in [-0.4, -0.2) is 5.78 Å². The fraction of sp³-hybridized carbons (Fsp3) is 0.552. The average molecular weight is 443 g/mol. The molecule has 0 amide bonds. The number of carbonyl (C=O) groups excluding carboxylic acids is 1. The molecule has 0 saturated heterocycles. The molecule has 0 atom stereocenters. The van der Waals surface area contributed by atoms with Crippen molar-refractivity contribution in [3.05, 3.63) is 70.3 Å². The van der Waals surface area contributed by atoms with Crippen LogP contribution in [0.5, 0.6) is 0 Å². The molecule has 0 heterocycles. The minimum Gasteiger partial charge on any atom is -0.289 e. The van der Waals surface area contributed by atoms with Crippen molar-refractivity contribution in [3.63, 3.8) is 0 Å². The van der Waals surface area contributed by atoms with Crippen LogP contribution in [0.15, 0.2) is 36.4 Å². The van der Waals surface area contributed by atoms with Crippen LogP contribution in [0.2, 0.25) is 0 Å². The van der Waals surface area contributed by atoms with Crippen molar-refractivity contribution in [1.29, 1.82) is 0 Å². The molecule has 0 aliphatic heterocycles. The summed E-state index contributed by atoms with van der Waals surface area (Å²) < 4.78 is 28.6. The van der Waals surface area contributed by atoms with Crippen molar-refractivity contribution in [2.24, 2.45) is 11.8 Å². The van der Waals surface area contributed by atoms with Gasteiger partial charge in [0, 0.05) is 11.1 Å². The van der Waals surface area contributed by atoms with Gasteiger partial charge in [0.05, 0.1) is 0 Å². The molecule has 1 nitrogen and oxygen atoms in total. The van der Waals surface area contributed by atoms with Gasteiger partial charge in [-0.1, -0.05) is 66.2 Å². The minimum atomic E-state index is -0.258. The molecule has 0 N–H and O–H groups in total. The van der Waals surface area contributed by atoms with Gasteiger partial charge in [0.25, 0.3) is 0 Å². The van der Waals surface area contributed by atoms with Gasteiger partial charge in [-0.25, -0.2) is 8.78 Å². The van der Waals surface area contributed by atoms with E-state index in [1.807, 2.05) is 0 Å². The summed E-state index contributed by atoms with van der Waals surface area (Å²) in [6, 6.07) is 9.19. The molecule has 0 aliphatic carbocycles. The summed E-state index contributed by atoms with van der Waals surface area (Å²) in [5.41, 5.74) is 2.12. The highest BCUT2D eigenvalue weighted by Crippen LogP contribution is 2.21. The zero-order valence-electron chi connectivity index (χ0n) is 20.4. The molecule has 0 unspecified atom stereocenters. The molecular weight excluding hydrogens is 402 g/mol. The Morgan fingerprint density at radius 3 is 1.44 bits per heavy atom. The number of unbranched alkanes of at least 4 members (excludes halogenated alkanes) is 4. The molecule has 0 radical (unpaired) electrons. The molecule has 176 valence electrons. The summed E-state index contributed by atoms with van der Waals surface area (Å²) in [5.74, 6) is 0.687. The maximum absolute atomic E-state index is 14.3. The molecule has 0 spiro atoms. The van der Waals surface area contributed by atoms with Gasteiger partial charge in [-0.2, -0.15) is 0 Å². The van der Waals surface area contributed by atoms with Gasteiger partial charge in [-0.15, -0.1) is 0 Å². The number of hydrogen-bond donors (Lipinski definition) is 0. The highest BCUT2D eigenvalue weighted by atomic mass is 19.1. The number of rotatable bonds is 14. The first-order chi connectivity index (χ1) is 15.3. The van der Waals surface area contributed by atoms with Crippen molar-refractivity contribution in [2.45, 2.75) is 91.9 Å². The molecule has 0 saturated carbocycles. The molecule has 0 aliphatic rings. The normalized spacial score (nSPS) is 11.5. The van der Waals surface area contributed by atoms with E-state index in [9.17, 15) is 13.6 Å². The fourth-order valence-corrected chi connectivity index (χ4v) is 4.07. The Labute approximate surface area is 193 Å². The Hall–Kier alpha value is -2.03. The molecule has 2 rings (SSSR count). The lowest BCUT2D eigenvalue weighted by atomic mass is 9.95. The first-order valence-corrected chi connectivity index (χ1v) is 12.4. The molecule has 0 fully saturated rings. The predicted molar refractivity (Wildman–Crippen MR) is 130 cm³/mol. The lowest BCUT2D eigenvalue weighted by molar-refractivity contribution is 0.103. The van der Waals surface area contributed by atoms with Crippen LogP contribution in [0.3, 0.4) is 0 Å². The molecular formula is C29H40F2O. The van der Waals surface area contributed by atoms with Crippen LogP contribution < -0.4 is 0 Å². The van der Waals surface area contributed by atoms with E-state index >= 15 is 0 Å². The zero-order chi connectivity index (χ0) is 23.5. The Bertz CT molecular complexity index is 785. The molecule has 2 aromatic rings. The first kappa shape index (κ1) is 26.2. The van der Waals surface area contributed by atoms with Crippen LogP contribution in [0, 0.1) is 23.5 Å². The highest BCUT2D eigenvalue weighted by molar-refractivity contribution is 6.09. The van der Waals surface area contributed by atoms with E-state index < -0.39 is 0 Å². The average Bonchev–Trinajstić information content (AvgIpc) is 2.74. The van der Waals surface area contributed by atoms with Crippen molar-refractivity contribution < 1.29 is 13.6 Å². The number of benzene rings is 2. The Kier molecular flexibility index (Phi) is 11.1. The quantitative estimate of drug-likeness (QED) is 0.211. The number of aryl methyl sites for hydroxylation is 2. The standard InChI is InChI=1S/C29H40F2O/c1-21(2)11-7-5-9-13-23-19-25(15-17-27(23)30)29(32)26-16-18-28(31)24(20-26)14-10-6-8-12-22(3)4/h15-22H,5-14H2,1-4H3. The number of carbonyl (C=O) groups is 1. The molecule has 0 aromatic heterocycles. The van der Waals surface area contributed by atoms with Gasteiger partial charge in [0.2, 0.25) is 0 Å². The SMILES string of the molecule is CC(C)CCCCCc1cc(C(=O)c2ccc(F)c(CCCCCC(C)C)c2)ccc1F. The monoisotopic (exact) mass is 442 g/mol. The summed E-state index contributed by atoms with van der Waals surface area (Å²) in [6.45, 7) is 8.84. The van der Waals surface area contributed by atoms with E-state index in [1.54, 1.807) is 12.1 Å². The summed E-state index contributed by atoms with van der Waals surface area (Å²) in [6.07, 6.45) is 9.89. The van der Waals surface area contributed by atoms with Crippen LogP contribution in [0.4, 0.5) is 8.78 Å². The lowest BCUT2D eigenvalue weighted by Gasteiger charge is -2.10. The smallest absolute Gasteiger partial charge is 0.193 e. The van der Waals surface area contributed by atoms with Gasteiger partial charge in [0.15, 0.2) is 5.78 Å². The summed E-state index contributed by atoms with van der Waals surface area (Å²) in [5, 5.41) is 0. The van der Waals surface area contributed by atoms with Crippen LogP contribution >= 0.6 is 0 Å². The Morgan fingerprint density at radius 2 is 1.06 bits per heavy atom. The largest absolute Gasteiger partial charge is 0.289 e. The summed E-state index contributed by atoms with van der Waals surface area (Å²) in [4.78, 5) is 13.0. The van der Waals surface area contributed by atoms with Crippen LogP contribution in [-0.2, 0) is 12.8 Å². The predicted octanol–water partition coefficient (Wildman–Crippen LogP) is 8.71. The number of hydrogen-bond acceptors (Lipinski definition) is 1. The van der Waals surface area contributed by atoms with E-state index in [0.29, 0.717) is 46.9 Å². The van der Waals surface area contributed by atoms with E-state index in [0.717, 1.165) is 38.5 Å². The van der Waals surface area contributed by atoms with Gasteiger partial charge in [-0.3, -0.25) is 4.79 Å². The first-order valence-electron chi connectivity index (χ1n) is 12.4. The summed E-state index contributed by atoms with van der Waals surface area (Å²) in [7, 11) is 0. The van der Waals surface area contributed by atoms with Crippen LogP contribution in [0.1, 0.15) is 106 Å². The second kappa shape index (κ2) is 13.5. The minimum absolute atomic E-state index is 0.174. The molecule has 32 heavy (non-hydrogen) atoms. The second-order valence-electron chi connectivity index (χ2n) is 9.93. The van der Waals surface area contributed by atoms with Crippen LogP contribution in [0.25, 0.3) is 0 Å². The van der Waals surface area contributed by atoms with E-state index in [-0.39, 0.29) is 17.4 Å². The third-order valence-corrected chi connectivity index (χ3v) is 6.07. The lowest BCUT2D eigenvalue weighted by Crippen LogP contribution is -2.05. The van der Waals surface area contributed by atoms with E-state index in [2.05, 4.69) is 27.7 Å². The third kappa shape index (κ3) is 8.84. The van der Waals surface area contributed by atoms with Gasteiger partial charge >= 0.3 is 0 Å². The van der Waals surface area contributed by atoms with Gasteiger partial charge in [0.1, 0.15) is 11.6 Å². The van der Waals surface area contributed by atoms with E-state index in [1.165, 1.54) is 37.1 Å². The topological polar surface area (TPSA) is 17.1 Å². The molecule has 0 bridgehead atoms. The Morgan fingerprint density at radius 1 is 0.656 bits per heavy atom. The third-order valence-electron chi connectivity index (χ3n) is 6.07. The van der Waals surface area contributed by atoms with Gasteiger partial charge in [-0.05, 0) is 85.0 Å². The van der Waals surface area contributed by atoms with Crippen molar-refractivity contribution in [2.75, 3.05) is 0 Å². The Balaban J connectivity index is 2.00. The number of ketones is 1. The van der Waals surface area contributed by atoms with Gasteiger partial charge < -0.3 is 0 Å². The second-order valence-corrected chi connectivity index (χ2v) is 9.93. The number of halogens is 2. The maximum atomic E-state index is 14.3. The maximum Gasteiger partial charge on any atom is 0.193 e. The molecule has 3 heteroatoms.